The van der Waals surface area contributed by atoms with Crippen LogP contribution in [0.1, 0.15) is 30.9 Å². The van der Waals surface area contributed by atoms with E-state index in [0.717, 1.165) is 6.07 Å². The van der Waals surface area contributed by atoms with Crippen LogP contribution in [-0.4, -0.2) is 26.2 Å². The predicted molar refractivity (Wildman–Crippen MR) is 72.7 cm³/mol. The first-order valence-electron chi connectivity index (χ1n) is 6.22. The standard InChI is InChI=1S/C13H17FN2O3S/c1-2-12(17)5-6-16-20(18,19)9-11-7-10(8-15)3-4-13(11)14/h3-4,7,12,16-17H,2,5-6,9H2,1H3. The first-order valence-corrected chi connectivity index (χ1v) is 7.87. The fourth-order valence-electron chi connectivity index (χ4n) is 1.60. The summed E-state index contributed by atoms with van der Waals surface area (Å²) in [5, 5.41) is 18.0. The van der Waals surface area contributed by atoms with Gasteiger partial charge in [-0.3, -0.25) is 0 Å². The van der Waals surface area contributed by atoms with Gasteiger partial charge in [-0.2, -0.15) is 5.26 Å². The number of nitrogens with zero attached hydrogens (tertiary/aromatic N) is 1. The fourth-order valence-corrected chi connectivity index (χ4v) is 2.76. The first kappa shape index (κ1) is 16.6. The number of nitrogens with one attached hydrogen (secondary N) is 1. The van der Waals surface area contributed by atoms with Gasteiger partial charge in [0.25, 0.3) is 0 Å². The summed E-state index contributed by atoms with van der Waals surface area (Å²) in [7, 11) is -3.70. The lowest BCUT2D eigenvalue weighted by Crippen LogP contribution is -2.28. The summed E-state index contributed by atoms with van der Waals surface area (Å²) in [5.74, 6) is -1.20. The van der Waals surface area contributed by atoms with E-state index in [1.807, 2.05) is 6.07 Å². The third kappa shape index (κ3) is 5.25. The molecule has 0 amide bonds. The van der Waals surface area contributed by atoms with Gasteiger partial charge in [-0.1, -0.05) is 6.92 Å². The Morgan fingerprint density at radius 3 is 2.80 bits per heavy atom. The molecule has 2 N–H and O–H groups in total. The second-order valence-corrected chi connectivity index (χ2v) is 6.23. The van der Waals surface area contributed by atoms with Crippen molar-refractivity contribution in [3.63, 3.8) is 0 Å². The van der Waals surface area contributed by atoms with E-state index in [2.05, 4.69) is 4.72 Å². The lowest BCUT2D eigenvalue weighted by atomic mass is 10.1. The Labute approximate surface area is 118 Å². The van der Waals surface area contributed by atoms with Crippen molar-refractivity contribution in [2.24, 2.45) is 0 Å². The lowest BCUT2D eigenvalue weighted by Gasteiger charge is -2.10. The van der Waals surface area contributed by atoms with Crippen molar-refractivity contribution >= 4 is 10.0 Å². The molecule has 0 fully saturated rings. The number of sulfonamides is 1. The number of hydrogen-bond acceptors (Lipinski definition) is 4. The average Bonchev–Trinajstić information content (AvgIpc) is 2.40. The van der Waals surface area contributed by atoms with E-state index in [1.165, 1.54) is 12.1 Å². The Hall–Kier alpha value is -1.49. The van der Waals surface area contributed by atoms with E-state index >= 15 is 0 Å². The molecule has 1 unspecified atom stereocenters. The topological polar surface area (TPSA) is 90.2 Å². The molecule has 0 heterocycles. The van der Waals surface area contributed by atoms with Crippen LogP contribution >= 0.6 is 0 Å². The monoisotopic (exact) mass is 300 g/mol. The number of nitriles is 1. The molecule has 7 heteroatoms. The number of aliphatic hydroxyl groups is 1. The normalized spacial score (nSPS) is 12.9. The van der Waals surface area contributed by atoms with Gasteiger partial charge >= 0.3 is 0 Å². The quantitative estimate of drug-likeness (QED) is 0.793. The minimum Gasteiger partial charge on any atom is -0.393 e. The number of hydrogen-bond donors (Lipinski definition) is 2. The summed E-state index contributed by atoms with van der Waals surface area (Å²) in [6.45, 7) is 1.89. The fraction of sp³-hybridized carbons (Fsp3) is 0.462. The van der Waals surface area contributed by atoms with Crippen LogP contribution in [0.3, 0.4) is 0 Å². The van der Waals surface area contributed by atoms with Crippen LogP contribution in [0.2, 0.25) is 0 Å². The number of halogens is 1. The summed E-state index contributed by atoms with van der Waals surface area (Å²) >= 11 is 0. The second-order valence-electron chi connectivity index (χ2n) is 4.42. The number of aliphatic hydroxyl groups excluding tert-OH is 1. The van der Waals surface area contributed by atoms with Gasteiger partial charge in [-0.05, 0) is 31.0 Å². The number of rotatable bonds is 7. The maximum Gasteiger partial charge on any atom is 0.215 e. The number of benzene rings is 1. The third-order valence-corrected chi connectivity index (χ3v) is 4.13. The predicted octanol–water partition coefficient (Wildman–Crippen LogP) is 1.28. The van der Waals surface area contributed by atoms with Crippen molar-refractivity contribution in [3.8, 4) is 6.07 Å². The second kappa shape index (κ2) is 7.33. The largest absolute Gasteiger partial charge is 0.393 e. The van der Waals surface area contributed by atoms with Crippen molar-refractivity contribution in [1.82, 2.24) is 4.72 Å². The molecule has 0 aliphatic rings. The Balaban J connectivity index is 2.69. The average molecular weight is 300 g/mol. The van der Waals surface area contributed by atoms with Gasteiger partial charge in [0.2, 0.25) is 10.0 Å². The molecule has 1 aromatic rings. The molecule has 110 valence electrons. The van der Waals surface area contributed by atoms with E-state index in [4.69, 9.17) is 5.26 Å². The van der Waals surface area contributed by atoms with E-state index < -0.39 is 27.7 Å². The van der Waals surface area contributed by atoms with Crippen molar-refractivity contribution < 1.29 is 17.9 Å². The van der Waals surface area contributed by atoms with Crippen LogP contribution in [0.4, 0.5) is 4.39 Å². The third-order valence-electron chi connectivity index (χ3n) is 2.79. The van der Waals surface area contributed by atoms with Crippen LogP contribution in [-0.2, 0) is 15.8 Å². The summed E-state index contributed by atoms with van der Waals surface area (Å²) < 4.78 is 39.4. The molecule has 1 rings (SSSR count). The SMILES string of the molecule is CCC(O)CCNS(=O)(=O)Cc1cc(C#N)ccc1F. The molecule has 0 aromatic heterocycles. The minimum absolute atomic E-state index is 0.0485. The molecule has 0 aliphatic heterocycles. The molecule has 1 aromatic carbocycles. The highest BCUT2D eigenvalue weighted by atomic mass is 32.2. The van der Waals surface area contributed by atoms with Crippen molar-refractivity contribution in [2.45, 2.75) is 31.6 Å². The van der Waals surface area contributed by atoms with E-state index in [-0.39, 0.29) is 17.7 Å². The van der Waals surface area contributed by atoms with Crippen LogP contribution in [0.5, 0.6) is 0 Å². The van der Waals surface area contributed by atoms with Crippen molar-refractivity contribution in [3.05, 3.63) is 35.1 Å². The van der Waals surface area contributed by atoms with Gasteiger partial charge in [0.15, 0.2) is 0 Å². The first-order chi connectivity index (χ1) is 9.38. The maximum absolute atomic E-state index is 13.5. The van der Waals surface area contributed by atoms with Crippen molar-refractivity contribution in [1.29, 1.82) is 5.26 Å². The Morgan fingerprint density at radius 1 is 1.50 bits per heavy atom. The van der Waals surface area contributed by atoms with Gasteiger partial charge in [0, 0.05) is 12.1 Å². The molecule has 0 bridgehead atoms. The molecule has 0 aliphatic carbocycles. The zero-order valence-corrected chi connectivity index (χ0v) is 12.0. The van der Waals surface area contributed by atoms with E-state index in [9.17, 15) is 17.9 Å². The molecular formula is C13H17FN2O3S. The van der Waals surface area contributed by atoms with Gasteiger partial charge in [-0.25, -0.2) is 17.5 Å². The molecule has 5 nitrogen and oxygen atoms in total. The highest BCUT2D eigenvalue weighted by molar-refractivity contribution is 7.88. The molecule has 0 saturated heterocycles. The van der Waals surface area contributed by atoms with Crippen LogP contribution < -0.4 is 4.72 Å². The molecule has 0 spiro atoms. The van der Waals surface area contributed by atoms with Gasteiger partial charge in [0.1, 0.15) is 5.82 Å². The molecule has 0 saturated carbocycles. The molecule has 1 atom stereocenters. The highest BCUT2D eigenvalue weighted by Gasteiger charge is 2.15. The summed E-state index contributed by atoms with van der Waals surface area (Å²) in [4.78, 5) is 0. The summed E-state index contributed by atoms with van der Waals surface area (Å²) in [5.41, 5.74) is 0.158. The Morgan fingerprint density at radius 2 is 2.20 bits per heavy atom. The maximum atomic E-state index is 13.5. The Bertz CT molecular complexity index is 596. The van der Waals surface area contributed by atoms with Crippen LogP contribution in [0.15, 0.2) is 18.2 Å². The van der Waals surface area contributed by atoms with E-state index in [1.54, 1.807) is 6.92 Å². The van der Waals surface area contributed by atoms with Gasteiger partial charge < -0.3 is 5.11 Å². The highest BCUT2D eigenvalue weighted by Crippen LogP contribution is 2.13. The minimum atomic E-state index is -3.70. The zero-order valence-electron chi connectivity index (χ0n) is 11.1. The van der Waals surface area contributed by atoms with Crippen molar-refractivity contribution in [2.75, 3.05) is 6.54 Å². The van der Waals surface area contributed by atoms with E-state index in [0.29, 0.717) is 12.8 Å². The molecular weight excluding hydrogens is 283 g/mol. The Kier molecular flexibility index (Phi) is 6.07. The van der Waals surface area contributed by atoms with Gasteiger partial charge in [0.05, 0.1) is 23.5 Å². The van der Waals surface area contributed by atoms with Crippen LogP contribution in [0, 0.1) is 17.1 Å². The van der Waals surface area contributed by atoms with Crippen LogP contribution in [0.25, 0.3) is 0 Å². The lowest BCUT2D eigenvalue weighted by molar-refractivity contribution is 0.162. The smallest absolute Gasteiger partial charge is 0.215 e. The summed E-state index contributed by atoms with van der Waals surface area (Å²) in [6, 6.07) is 5.41. The summed E-state index contributed by atoms with van der Waals surface area (Å²) in [6.07, 6.45) is 0.285. The molecule has 20 heavy (non-hydrogen) atoms. The zero-order chi connectivity index (χ0) is 15.2. The molecule has 0 radical (unpaired) electrons. The van der Waals surface area contributed by atoms with Gasteiger partial charge in [-0.15, -0.1) is 0 Å².